The number of thiophene rings is 1. The molecule has 3 aromatic rings. The number of aromatic amines is 1. The highest BCUT2D eigenvalue weighted by Crippen LogP contribution is 2.16. The number of amides is 1. The predicted octanol–water partition coefficient (Wildman–Crippen LogP) is 2.17. The topological polar surface area (TPSA) is 84.1 Å². The number of carbonyl (C=O) groups is 1. The number of nitrogens with zero attached hydrogens (tertiary/aromatic N) is 1. The number of ether oxygens (including phenoxy) is 1. The summed E-state index contributed by atoms with van der Waals surface area (Å²) in [6.07, 6.45) is 0.00700. The normalized spacial score (nSPS) is 10.6. The molecule has 6 nitrogen and oxygen atoms in total. The molecule has 2 N–H and O–H groups in total. The Bertz CT molecular complexity index is 868. The third-order valence-corrected chi connectivity index (χ3v) is 3.97. The van der Waals surface area contributed by atoms with Gasteiger partial charge in [0.25, 0.3) is 5.56 Å². The van der Waals surface area contributed by atoms with Gasteiger partial charge in [-0.3, -0.25) is 9.59 Å². The van der Waals surface area contributed by atoms with Gasteiger partial charge in [-0.15, -0.1) is 11.3 Å². The van der Waals surface area contributed by atoms with Crippen molar-refractivity contribution in [1.29, 1.82) is 0 Å². The van der Waals surface area contributed by atoms with Crippen molar-refractivity contribution in [2.24, 2.45) is 0 Å². The number of fused-ring (bicyclic) bond motifs is 1. The van der Waals surface area contributed by atoms with Crippen molar-refractivity contribution in [2.75, 3.05) is 12.4 Å². The van der Waals surface area contributed by atoms with E-state index in [-0.39, 0.29) is 17.9 Å². The summed E-state index contributed by atoms with van der Waals surface area (Å²) in [5.41, 5.74) is 1.05. The molecule has 0 atom stereocenters. The van der Waals surface area contributed by atoms with Crippen molar-refractivity contribution >= 4 is 33.1 Å². The van der Waals surface area contributed by atoms with Crippen LogP contribution < -0.4 is 15.6 Å². The van der Waals surface area contributed by atoms with Crippen LogP contribution in [0.3, 0.4) is 0 Å². The molecule has 0 bridgehead atoms. The Morgan fingerprint density at radius 1 is 1.32 bits per heavy atom. The van der Waals surface area contributed by atoms with Gasteiger partial charge in [-0.2, -0.15) is 0 Å². The predicted molar refractivity (Wildman–Crippen MR) is 85.6 cm³/mol. The molecule has 2 heterocycles. The van der Waals surface area contributed by atoms with E-state index in [0.717, 1.165) is 0 Å². The molecule has 0 aliphatic heterocycles. The number of carbonyl (C=O) groups excluding carboxylic acids is 1. The van der Waals surface area contributed by atoms with Crippen LogP contribution in [0.15, 0.2) is 40.5 Å². The van der Waals surface area contributed by atoms with Gasteiger partial charge in [-0.05, 0) is 35.7 Å². The summed E-state index contributed by atoms with van der Waals surface area (Å²) in [7, 11) is 1.58. The first-order chi connectivity index (χ1) is 10.7. The third-order valence-electron chi connectivity index (χ3n) is 3.07. The van der Waals surface area contributed by atoms with E-state index in [1.165, 1.54) is 11.3 Å². The van der Waals surface area contributed by atoms with Crippen LogP contribution >= 0.6 is 11.3 Å². The summed E-state index contributed by atoms with van der Waals surface area (Å²) in [6.45, 7) is 0. The lowest BCUT2D eigenvalue weighted by Gasteiger charge is -2.06. The molecule has 0 fully saturated rings. The van der Waals surface area contributed by atoms with Gasteiger partial charge in [0.1, 0.15) is 16.3 Å². The highest BCUT2D eigenvalue weighted by Gasteiger charge is 2.09. The highest BCUT2D eigenvalue weighted by atomic mass is 32.1. The molecule has 112 valence electrons. The van der Waals surface area contributed by atoms with Gasteiger partial charge >= 0.3 is 0 Å². The van der Waals surface area contributed by atoms with Gasteiger partial charge < -0.3 is 15.0 Å². The van der Waals surface area contributed by atoms with Crippen LogP contribution in [0.1, 0.15) is 5.82 Å². The molecule has 22 heavy (non-hydrogen) atoms. The van der Waals surface area contributed by atoms with Crippen molar-refractivity contribution in [3.05, 3.63) is 51.9 Å². The van der Waals surface area contributed by atoms with E-state index in [1.807, 2.05) is 0 Å². The van der Waals surface area contributed by atoms with E-state index in [2.05, 4.69) is 15.3 Å². The van der Waals surface area contributed by atoms with Crippen molar-refractivity contribution in [2.45, 2.75) is 6.42 Å². The number of aromatic nitrogens is 2. The second kappa shape index (κ2) is 5.98. The lowest BCUT2D eigenvalue weighted by Crippen LogP contribution is -2.19. The SMILES string of the molecule is COc1ccc(NC(=O)Cc2nc3ccsc3c(=O)[nH]2)cc1. The number of H-pyrrole nitrogens is 1. The van der Waals surface area contributed by atoms with Gasteiger partial charge in [0.2, 0.25) is 5.91 Å². The molecular weight excluding hydrogens is 302 g/mol. The lowest BCUT2D eigenvalue weighted by atomic mass is 10.3. The number of methoxy groups -OCH3 is 1. The summed E-state index contributed by atoms with van der Waals surface area (Å²) in [5.74, 6) is 0.816. The standard InChI is InChI=1S/C15H13N3O3S/c1-21-10-4-2-9(3-5-10)16-13(19)8-12-17-11-6-7-22-14(11)15(20)18-12/h2-7H,8H2,1H3,(H,16,19)(H,17,18,20). The quantitative estimate of drug-likeness (QED) is 0.773. The summed E-state index contributed by atoms with van der Waals surface area (Å²) in [6, 6.07) is 8.77. The molecule has 1 aromatic carbocycles. The van der Waals surface area contributed by atoms with Crippen molar-refractivity contribution < 1.29 is 9.53 Å². The molecule has 0 saturated carbocycles. The Morgan fingerprint density at radius 2 is 2.09 bits per heavy atom. The van der Waals surface area contributed by atoms with Crippen LogP contribution in [0.5, 0.6) is 5.75 Å². The average molecular weight is 315 g/mol. The number of hydrogen-bond acceptors (Lipinski definition) is 5. The van der Waals surface area contributed by atoms with E-state index in [4.69, 9.17) is 4.74 Å². The lowest BCUT2D eigenvalue weighted by molar-refractivity contribution is -0.115. The maximum Gasteiger partial charge on any atom is 0.268 e. The molecule has 0 unspecified atom stereocenters. The Labute approximate surface area is 129 Å². The van der Waals surface area contributed by atoms with Crippen molar-refractivity contribution in [3.8, 4) is 5.75 Å². The summed E-state index contributed by atoms with van der Waals surface area (Å²) in [5, 5.41) is 4.55. The zero-order valence-electron chi connectivity index (χ0n) is 11.8. The maximum atomic E-state index is 12.0. The van der Waals surface area contributed by atoms with E-state index >= 15 is 0 Å². The van der Waals surface area contributed by atoms with Crippen LogP contribution in [0, 0.1) is 0 Å². The second-order valence-corrected chi connectivity index (χ2v) is 5.52. The van der Waals surface area contributed by atoms with Crippen LogP contribution in [-0.4, -0.2) is 23.0 Å². The van der Waals surface area contributed by atoms with E-state index in [9.17, 15) is 9.59 Å². The molecule has 3 rings (SSSR count). The summed E-state index contributed by atoms with van der Waals surface area (Å²) < 4.78 is 5.62. The Morgan fingerprint density at radius 3 is 2.82 bits per heavy atom. The fourth-order valence-corrected chi connectivity index (χ4v) is 2.76. The van der Waals surface area contributed by atoms with Crippen LogP contribution in [0.2, 0.25) is 0 Å². The second-order valence-electron chi connectivity index (χ2n) is 4.60. The fourth-order valence-electron chi connectivity index (χ4n) is 2.04. The number of hydrogen-bond donors (Lipinski definition) is 2. The molecule has 0 aliphatic carbocycles. The fraction of sp³-hybridized carbons (Fsp3) is 0.133. The molecule has 0 aliphatic rings. The first kappa shape index (κ1) is 14.3. The van der Waals surface area contributed by atoms with Gasteiger partial charge in [0.15, 0.2) is 0 Å². The van der Waals surface area contributed by atoms with Crippen molar-refractivity contribution in [3.63, 3.8) is 0 Å². The Balaban J connectivity index is 1.73. The highest BCUT2D eigenvalue weighted by molar-refractivity contribution is 7.17. The first-order valence-corrected chi connectivity index (χ1v) is 7.44. The summed E-state index contributed by atoms with van der Waals surface area (Å²) >= 11 is 1.33. The minimum Gasteiger partial charge on any atom is -0.497 e. The maximum absolute atomic E-state index is 12.0. The number of benzene rings is 1. The van der Waals surface area contributed by atoms with Crippen molar-refractivity contribution in [1.82, 2.24) is 9.97 Å². The molecule has 0 saturated heterocycles. The molecule has 2 aromatic heterocycles. The van der Waals surface area contributed by atoms with E-state index in [0.29, 0.717) is 27.5 Å². The average Bonchev–Trinajstić information content (AvgIpc) is 2.97. The minimum absolute atomic E-state index is 0.00700. The minimum atomic E-state index is -0.247. The first-order valence-electron chi connectivity index (χ1n) is 6.56. The monoisotopic (exact) mass is 315 g/mol. The van der Waals surface area contributed by atoms with Crippen LogP contribution in [0.4, 0.5) is 5.69 Å². The van der Waals surface area contributed by atoms with Crippen LogP contribution in [0.25, 0.3) is 10.2 Å². The summed E-state index contributed by atoms with van der Waals surface area (Å²) in [4.78, 5) is 30.8. The molecule has 0 spiro atoms. The van der Waals surface area contributed by atoms with Gasteiger partial charge in [-0.1, -0.05) is 0 Å². The third kappa shape index (κ3) is 2.99. The smallest absolute Gasteiger partial charge is 0.268 e. The van der Waals surface area contributed by atoms with Gasteiger partial charge in [-0.25, -0.2) is 4.98 Å². The number of nitrogens with one attached hydrogen (secondary N) is 2. The molecule has 1 amide bonds. The largest absolute Gasteiger partial charge is 0.497 e. The number of rotatable bonds is 4. The van der Waals surface area contributed by atoms with Crippen LogP contribution in [-0.2, 0) is 11.2 Å². The van der Waals surface area contributed by atoms with E-state index < -0.39 is 0 Å². The molecular formula is C15H13N3O3S. The zero-order chi connectivity index (χ0) is 15.5. The Hall–Kier alpha value is -2.67. The van der Waals surface area contributed by atoms with Gasteiger partial charge in [0.05, 0.1) is 19.0 Å². The van der Waals surface area contributed by atoms with Gasteiger partial charge in [0, 0.05) is 5.69 Å². The molecule has 0 radical (unpaired) electrons. The zero-order valence-corrected chi connectivity index (χ0v) is 12.6. The van der Waals surface area contributed by atoms with E-state index in [1.54, 1.807) is 42.8 Å². The Kier molecular flexibility index (Phi) is 3.88. The number of anilines is 1. The molecule has 7 heteroatoms.